The van der Waals surface area contributed by atoms with Crippen molar-refractivity contribution in [3.63, 3.8) is 0 Å². The summed E-state index contributed by atoms with van der Waals surface area (Å²) in [5.74, 6) is 0.881. The second-order valence-electron chi connectivity index (χ2n) is 12.3. The Morgan fingerprint density at radius 2 is 0.958 bits per heavy atom. The summed E-state index contributed by atoms with van der Waals surface area (Å²) in [5, 5.41) is 4.92. The van der Waals surface area contributed by atoms with E-state index in [1.807, 2.05) is 6.07 Å². The predicted octanol–water partition coefficient (Wildman–Crippen LogP) is 10.3. The fraction of sp³-hybridized carbons (Fsp3) is 0. The van der Waals surface area contributed by atoms with Gasteiger partial charge in [0.25, 0.3) is 0 Å². The van der Waals surface area contributed by atoms with Gasteiger partial charge >= 0.3 is 0 Å². The molecule has 0 radical (unpaired) electrons. The van der Waals surface area contributed by atoms with Crippen LogP contribution in [0.3, 0.4) is 0 Å². The highest BCUT2D eigenvalue weighted by molar-refractivity contribution is 6.12. The molecule has 48 heavy (non-hydrogen) atoms. The molecule has 0 aliphatic rings. The highest BCUT2D eigenvalue weighted by atomic mass is 15.1. The average molecular weight is 614 g/mol. The quantitative estimate of drug-likeness (QED) is 0.181. The lowest BCUT2D eigenvalue weighted by Gasteiger charge is -2.09. The summed E-state index contributed by atoms with van der Waals surface area (Å²) in [6, 6.07) is 58.4. The summed E-state index contributed by atoms with van der Waals surface area (Å²) >= 11 is 0. The van der Waals surface area contributed by atoms with Crippen molar-refractivity contribution < 1.29 is 4.40 Å². The number of hydrogen-bond acceptors (Lipinski definition) is 1. The lowest BCUT2D eigenvalue weighted by molar-refractivity contribution is -0.511. The zero-order chi connectivity index (χ0) is 31.6. The van der Waals surface area contributed by atoms with Gasteiger partial charge in [-0.1, -0.05) is 97.1 Å². The molecular formula is C44H29N4+. The molecule has 0 atom stereocenters. The Kier molecular flexibility index (Phi) is 5.84. The summed E-state index contributed by atoms with van der Waals surface area (Å²) in [7, 11) is 0. The standard InChI is InChI=1S/C44H29N4/c1-3-13-30(14-4-1)44-42-21-11-12-26-46(42)29-43(45-44)48-39-20-10-8-18-35(39)37-28-32(23-25-41(37)48)31-22-24-40-36(27-31)34-17-7-9-19-38(34)47(40)33-15-5-2-6-16-33/h1-29H/q+1. The fourth-order valence-electron chi connectivity index (χ4n) is 7.42. The van der Waals surface area contributed by atoms with Crippen LogP contribution in [0.1, 0.15) is 0 Å². The Hall–Kier alpha value is -6.52. The van der Waals surface area contributed by atoms with Crippen molar-refractivity contribution in [1.29, 1.82) is 0 Å². The minimum absolute atomic E-state index is 0.881. The normalized spacial score (nSPS) is 11.8. The van der Waals surface area contributed by atoms with E-state index in [1.54, 1.807) is 0 Å². The van der Waals surface area contributed by atoms with Gasteiger partial charge in [0.15, 0.2) is 6.20 Å². The van der Waals surface area contributed by atoms with E-state index in [4.69, 9.17) is 4.98 Å². The van der Waals surface area contributed by atoms with E-state index in [-0.39, 0.29) is 0 Å². The molecule has 0 fully saturated rings. The number of para-hydroxylation sites is 3. The van der Waals surface area contributed by atoms with Gasteiger partial charge in [-0.2, -0.15) is 4.40 Å². The Morgan fingerprint density at radius 3 is 1.65 bits per heavy atom. The Bertz CT molecular complexity index is 2830. The first-order valence-corrected chi connectivity index (χ1v) is 16.3. The van der Waals surface area contributed by atoms with Crippen molar-refractivity contribution in [2.75, 3.05) is 0 Å². The summed E-state index contributed by atoms with van der Waals surface area (Å²) < 4.78 is 6.85. The Morgan fingerprint density at radius 1 is 0.417 bits per heavy atom. The highest BCUT2D eigenvalue weighted by Crippen LogP contribution is 2.38. The van der Waals surface area contributed by atoms with E-state index in [0.29, 0.717) is 0 Å². The molecule has 0 saturated heterocycles. The minimum atomic E-state index is 0.881. The Labute approximate surface area is 277 Å². The van der Waals surface area contributed by atoms with Gasteiger partial charge in [-0.15, -0.1) is 0 Å². The minimum Gasteiger partial charge on any atom is -0.309 e. The van der Waals surface area contributed by atoms with E-state index in [0.717, 1.165) is 33.6 Å². The van der Waals surface area contributed by atoms with Gasteiger partial charge in [0.2, 0.25) is 17.5 Å². The van der Waals surface area contributed by atoms with Crippen LogP contribution < -0.4 is 4.40 Å². The number of pyridine rings is 1. The summed E-state index contributed by atoms with van der Waals surface area (Å²) in [4.78, 5) is 5.32. The molecule has 4 heterocycles. The third kappa shape index (κ3) is 4.03. The van der Waals surface area contributed by atoms with Gasteiger partial charge in [0.05, 0.1) is 22.1 Å². The van der Waals surface area contributed by atoms with Gasteiger partial charge < -0.3 is 4.57 Å². The molecule has 10 rings (SSSR count). The van der Waals surface area contributed by atoms with Crippen molar-refractivity contribution in [3.8, 4) is 33.9 Å². The van der Waals surface area contributed by atoms with E-state index in [2.05, 4.69) is 184 Å². The molecule has 10 aromatic rings. The maximum absolute atomic E-state index is 5.32. The van der Waals surface area contributed by atoms with Gasteiger partial charge in [0.1, 0.15) is 5.69 Å². The molecule has 4 nitrogen and oxygen atoms in total. The fourth-order valence-corrected chi connectivity index (χ4v) is 7.42. The van der Waals surface area contributed by atoms with Crippen LogP contribution in [-0.2, 0) is 0 Å². The lowest BCUT2D eigenvalue weighted by Crippen LogP contribution is -2.24. The first-order valence-electron chi connectivity index (χ1n) is 16.3. The van der Waals surface area contributed by atoms with Crippen LogP contribution in [0.5, 0.6) is 0 Å². The van der Waals surface area contributed by atoms with Crippen LogP contribution in [0.2, 0.25) is 0 Å². The molecule has 0 amide bonds. The van der Waals surface area contributed by atoms with Crippen molar-refractivity contribution in [2.45, 2.75) is 0 Å². The summed E-state index contributed by atoms with van der Waals surface area (Å²) in [6.07, 6.45) is 4.24. The van der Waals surface area contributed by atoms with Crippen LogP contribution in [0.15, 0.2) is 176 Å². The molecule has 4 heteroatoms. The molecular weight excluding hydrogens is 585 g/mol. The second-order valence-corrected chi connectivity index (χ2v) is 12.3. The molecule has 0 aliphatic heterocycles. The molecule has 4 aromatic heterocycles. The highest BCUT2D eigenvalue weighted by Gasteiger charge is 2.20. The average Bonchev–Trinajstić information content (AvgIpc) is 3.67. The number of nitrogens with zero attached hydrogens (tertiary/aromatic N) is 4. The van der Waals surface area contributed by atoms with E-state index < -0.39 is 0 Å². The molecule has 0 aliphatic carbocycles. The molecule has 6 aromatic carbocycles. The van der Waals surface area contributed by atoms with Gasteiger partial charge in [0, 0.05) is 44.9 Å². The van der Waals surface area contributed by atoms with E-state index >= 15 is 0 Å². The monoisotopic (exact) mass is 613 g/mol. The van der Waals surface area contributed by atoms with E-state index in [1.165, 1.54) is 49.4 Å². The van der Waals surface area contributed by atoms with Crippen LogP contribution in [0.25, 0.3) is 83.0 Å². The van der Waals surface area contributed by atoms with Gasteiger partial charge in [-0.05, 0) is 65.7 Å². The second kappa shape index (κ2) is 10.5. The number of fused-ring (bicyclic) bond motifs is 7. The topological polar surface area (TPSA) is 26.9 Å². The van der Waals surface area contributed by atoms with Crippen molar-refractivity contribution in [2.24, 2.45) is 0 Å². The maximum atomic E-state index is 5.32. The maximum Gasteiger partial charge on any atom is 0.237 e. The van der Waals surface area contributed by atoms with Gasteiger partial charge in [-0.25, -0.2) is 4.98 Å². The molecule has 0 bridgehead atoms. The number of hydrogen-bond donors (Lipinski definition) is 0. The largest absolute Gasteiger partial charge is 0.309 e. The SMILES string of the molecule is c1ccc(-c2nc(-n3c4ccccc4c4cc(-c5ccc6c(c5)c5ccccc5n6-c5ccccc5)ccc43)c[n+]3ccccc23)cc1. The number of benzene rings is 6. The lowest BCUT2D eigenvalue weighted by atomic mass is 10.0. The van der Waals surface area contributed by atoms with Crippen LogP contribution in [-0.4, -0.2) is 14.1 Å². The van der Waals surface area contributed by atoms with Crippen molar-refractivity contribution in [3.05, 3.63) is 176 Å². The third-order valence-electron chi connectivity index (χ3n) is 9.58. The Balaban J connectivity index is 1.18. The smallest absolute Gasteiger partial charge is 0.237 e. The number of rotatable bonds is 4. The van der Waals surface area contributed by atoms with Crippen molar-refractivity contribution in [1.82, 2.24) is 14.1 Å². The third-order valence-corrected chi connectivity index (χ3v) is 9.58. The first kappa shape index (κ1) is 26.7. The molecule has 0 unspecified atom stereocenters. The predicted molar refractivity (Wildman–Crippen MR) is 197 cm³/mol. The van der Waals surface area contributed by atoms with Crippen LogP contribution in [0.4, 0.5) is 0 Å². The van der Waals surface area contributed by atoms with Gasteiger partial charge in [-0.3, -0.25) is 4.57 Å². The molecule has 224 valence electrons. The van der Waals surface area contributed by atoms with Crippen molar-refractivity contribution >= 4 is 49.1 Å². The first-order chi connectivity index (χ1) is 23.8. The molecule has 0 saturated carbocycles. The van der Waals surface area contributed by atoms with E-state index in [9.17, 15) is 0 Å². The summed E-state index contributed by atoms with van der Waals surface area (Å²) in [5.41, 5.74) is 11.4. The zero-order valence-electron chi connectivity index (χ0n) is 26.0. The van der Waals surface area contributed by atoms with Crippen LogP contribution in [0, 0.1) is 0 Å². The van der Waals surface area contributed by atoms with Crippen LogP contribution >= 0.6 is 0 Å². The summed E-state index contributed by atoms with van der Waals surface area (Å²) in [6.45, 7) is 0. The molecule has 0 spiro atoms. The zero-order valence-corrected chi connectivity index (χ0v) is 26.0. The molecule has 0 N–H and O–H groups in total. The number of aromatic nitrogens is 4.